The summed E-state index contributed by atoms with van der Waals surface area (Å²) in [5.41, 5.74) is 1.15. The number of carbonyl (C=O) groups excluding carboxylic acids is 2. The van der Waals surface area contributed by atoms with E-state index in [0.717, 1.165) is 0 Å². The highest BCUT2D eigenvalue weighted by Crippen LogP contribution is 2.15. The molecule has 2 amide bonds. The van der Waals surface area contributed by atoms with Crippen molar-refractivity contribution in [2.45, 2.75) is 12.7 Å². The predicted octanol–water partition coefficient (Wildman–Crippen LogP) is 3.56. The second kappa shape index (κ2) is 9.68. The molecule has 0 spiro atoms. The first-order chi connectivity index (χ1) is 14.0. The van der Waals surface area contributed by atoms with Crippen LogP contribution in [-0.2, 0) is 11.3 Å². The number of nitro groups is 1. The average molecular weight is 421 g/mol. The van der Waals surface area contributed by atoms with E-state index in [2.05, 4.69) is 0 Å². The number of likely N-dealkylation sites (N-methyl/N-ethyl adjacent to an activating group) is 1. The van der Waals surface area contributed by atoms with E-state index in [1.807, 2.05) is 0 Å². The second-order valence-electron chi connectivity index (χ2n) is 6.37. The molecule has 1 N–H and O–H groups in total. The molecular weight excluding hydrogens is 403 g/mol. The maximum Gasteiger partial charge on any atom is 0.405 e. The summed E-state index contributed by atoms with van der Waals surface area (Å²) in [5.74, 6) is -1.20. The number of nitrogens with zero attached hydrogens (tertiary/aromatic N) is 2. The van der Waals surface area contributed by atoms with Crippen molar-refractivity contribution in [3.05, 3.63) is 81.4 Å². The Morgan fingerprint density at radius 2 is 1.83 bits per heavy atom. The third-order valence-corrected chi connectivity index (χ3v) is 3.96. The summed E-state index contributed by atoms with van der Waals surface area (Å²) in [7, 11) is 1.55. The number of rotatable bonds is 7. The standard InChI is InChI=1S/C20H18F3N3O4/c1-25(18(27)10-7-14-3-2-4-17(11-14)26(29)30)12-15-5-8-16(9-6-15)19(28)24-13-20(21,22)23/h2-11H,12-13H2,1H3,(H,24,28)/b10-7+. The van der Waals surface area contributed by atoms with Gasteiger partial charge in [0.15, 0.2) is 0 Å². The maximum atomic E-state index is 12.2. The predicted molar refractivity (Wildman–Crippen MR) is 103 cm³/mol. The van der Waals surface area contributed by atoms with E-state index < -0.39 is 23.6 Å². The van der Waals surface area contributed by atoms with E-state index in [-0.39, 0.29) is 23.7 Å². The van der Waals surface area contributed by atoms with Crippen molar-refractivity contribution in [3.63, 3.8) is 0 Å². The minimum atomic E-state index is -4.49. The number of nitro benzene ring substituents is 1. The van der Waals surface area contributed by atoms with Crippen molar-refractivity contribution < 1.29 is 27.7 Å². The molecule has 0 unspecified atom stereocenters. The first kappa shape index (κ1) is 22.6. The Labute approximate surface area is 170 Å². The summed E-state index contributed by atoms with van der Waals surface area (Å²) in [6, 6.07) is 11.6. The molecule has 0 aromatic heterocycles. The van der Waals surface area contributed by atoms with Crippen molar-refractivity contribution in [2.75, 3.05) is 13.6 Å². The molecule has 0 aliphatic rings. The molecule has 0 radical (unpaired) electrons. The molecule has 0 atom stereocenters. The summed E-state index contributed by atoms with van der Waals surface area (Å²) >= 11 is 0. The van der Waals surface area contributed by atoms with Gasteiger partial charge in [-0.25, -0.2) is 0 Å². The number of carbonyl (C=O) groups is 2. The van der Waals surface area contributed by atoms with Gasteiger partial charge >= 0.3 is 6.18 Å². The van der Waals surface area contributed by atoms with Gasteiger partial charge in [-0.3, -0.25) is 19.7 Å². The first-order valence-corrected chi connectivity index (χ1v) is 8.67. The first-order valence-electron chi connectivity index (χ1n) is 8.67. The molecule has 30 heavy (non-hydrogen) atoms. The van der Waals surface area contributed by atoms with E-state index >= 15 is 0 Å². The van der Waals surface area contributed by atoms with Crippen LogP contribution in [0.15, 0.2) is 54.6 Å². The van der Waals surface area contributed by atoms with Gasteiger partial charge in [0.2, 0.25) is 5.91 Å². The Hall–Kier alpha value is -3.69. The average Bonchev–Trinajstić information content (AvgIpc) is 2.70. The molecule has 0 saturated carbocycles. The third kappa shape index (κ3) is 7.04. The summed E-state index contributed by atoms with van der Waals surface area (Å²) in [6.45, 7) is -1.22. The highest BCUT2D eigenvalue weighted by atomic mass is 19.4. The third-order valence-electron chi connectivity index (χ3n) is 3.96. The zero-order valence-corrected chi connectivity index (χ0v) is 15.8. The number of benzene rings is 2. The van der Waals surface area contributed by atoms with Crippen molar-refractivity contribution in [1.82, 2.24) is 10.2 Å². The Kier molecular flexibility index (Phi) is 7.29. The van der Waals surface area contributed by atoms with E-state index in [1.165, 1.54) is 59.5 Å². The van der Waals surface area contributed by atoms with Crippen LogP contribution in [-0.4, -0.2) is 41.4 Å². The van der Waals surface area contributed by atoms with Gasteiger partial charge in [0.05, 0.1) is 4.92 Å². The molecule has 158 valence electrons. The highest BCUT2D eigenvalue weighted by molar-refractivity contribution is 5.94. The number of hydrogen-bond donors (Lipinski definition) is 1. The molecule has 0 fully saturated rings. The lowest BCUT2D eigenvalue weighted by atomic mass is 10.1. The summed E-state index contributed by atoms with van der Waals surface area (Å²) in [5, 5.41) is 12.6. The number of alkyl halides is 3. The smallest absolute Gasteiger partial charge is 0.343 e. The van der Waals surface area contributed by atoms with E-state index in [1.54, 1.807) is 18.4 Å². The topological polar surface area (TPSA) is 92.6 Å². The van der Waals surface area contributed by atoms with Crippen molar-refractivity contribution in [3.8, 4) is 0 Å². The largest absolute Gasteiger partial charge is 0.405 e. The van der Waals surface area contributed by atoms with Crippen LogP contribution in [0.4, 0.5) is 18.9 Å². The van der Waals surface area contributed by atoms with E-state index in [4.69, 9.17) is 0 Å². The number of halogens is 3. The van der Waals surface area contributed by atoms with Crippen molar-refractivity contribution >= 4 is 23.6 Å². The summed E-state index contributed by atoms with van der Waals surface area (Å²) < 4.78 is 36.5. The Bertz CT molecular complexity index is 957. The number of amides is 2. The van der Waals surface area contributed by atoms with Crippen LogP contribution >= 0.6 is 0 Å². The molecule has 0 saturated heterocycles. The lowest BCUT2D eigenvalue weighted by molar-refractivity contribution is -0.384. The molecule has 10 heteroatoms. The van der Waals surface area contributed by atoms with Crippen molar-refractivity contribution in [2.24, 2.45) is 0 Å². The minimum Gasteiger partial charge on any atom is -0.343 e. The maximum absolute atomic E-state index is 12.2. The quantitative estimate of drug-likeness (QED) is 0.420. The fourth-order valence-electron chi connectivity index (χ4n) is 2.43. The van der Waals surface area contributed by atoms with Gasteiger partial charge in [0, 0.05) is 37.4 Å². The zero-order chi connectivity index (χ0) is 22.3. The molecule has 2 aromatic carbocycles. The van der Waals surface area contributed by atoms with Crippen LogP contribution < -0.4 is 5.32 Å². The Morgan fingerprint density at radius 1 is 1.17 bits per heavy atom. The Balaban J connectivity index is 1.94. The molecule has 0 aliphatic carbocycles. The van der Waals surface area contributed by atoms with E-state index in [0.29, 0.717) is 11.1 Å². The summed E-state index contributed by atoms with van der Waals surface area (Å²) in [4.78, 5) is 35.6. The van der Waals surface area contributed by atoms with Crippen LogP contribution in [0, 0.1) is 10.1 Å². The fraction of sp³-hybridized carbons (Fsp3) is 0.200. The van der Waals surface area contributed by atoms with Crippen LogP contribution in [0.3, 0.4) is 0 Å². The van der Waals surface area contributed by atoms with Gasteiger partial charge < -0.3 is 10.2 Å². The fourth-order valence-corrected chi connectivity index (χ4v) is 2.43. The number of hydrogen-bond acceptors (Lipinski definition) is 4. The van der Waals surface area contributed by atoms with Gasteiger partial charge in [0.25, 0.3) is 11.6 Å². The molecule has 7 nitrogen and oxygen atoms in total. The van der Waals surface area contributed by atoms with Crippen molar-refractivity contribution in [1.29, 1.82) is 0 Å². The van der Waals surface area contributed by atoms with Gasteiger partial charge in [-0.15, -0.1) is 0 Å². The molecule has 0 heterocycles. The van der Waals surface area contributed by atoms with Crippen LogP contribution in [0.1, 0.15) is 21.5 Å². The molecule has 2 rings (SSSR count). The molecule has 0 bridgehead atoms. The SMILES string of the molecule is CN(Cc1ccc(C(=O)NCC(F)(F)F)cc1)C(=O)/C=C/c1cccc([N+](=O)[O-])c1. The van der Waals surface area contributed by atoms with Crippen LogP contribution in [0.2, 0.25) is 0 Å². The van der Waals surface area contributed by atoms with Gasteiger partial charge in [0.1, 0.15) is 6.54 Å². The monoisotopic (exact) mass is 421 g/mol. The van der Waals surface area contributed by atoms with Gasteiger partial charge in [-0.2, -0.15) is 13.2 Å². The Morgan fingerprint density at radius 3 is 2.43 bits per heavy atom. The number of non-ortho nitro benzene ring substituents is 1. The summed E-state index contributed by atoms with van der Waals surface area (Å²) in [6.07, 6.45) is -1.76. The van der Waals surface area contributed by atoms with Gasteiger partial charge in [-0.05, 0) is 29.3 Å². The van der Waals surface area contributed by atoms with Crippen LogP contribution in [0.25, 0.3) is 6.08 Å². The molecule has 0 aliphatic heterocycles. The molecular formula is C20H18F3N3O4. The van der Waals surface area contributed by atoms with Crippen LogP contribution in [0.5, 0.6) is 0 Å². The molecule has 2 aromatic rings. The van der Waals surface area contributed by atoms with E-state index in [9.17, 15) is 32.9 Å². The number of nitrogens with one attached hydrogen (secondary N) is 1. The zero-order valence-electron chi connectivity index (χ0n) is 15.8. The lowest BCUT2D eigenvalue weighted by Crippen LogP contribution is -2.33. The second-order valence-corrected chi connectivity index (χ2v) is 6.37. The highest BCUT2D eigenvalue weighted by Gasteiger charge is 2.27. The normalized spacial score (nSPS) is 11.3. The lowest BCUT2D eigenvalue weighted by Gasteiger charge is -2.15. The van der Waals surface area contributed by atoms with Gasteiger partial charge in [-0.1, -0.05) is 24.3 Å². The minimum absolute atomic E-state index is 0.0718.